The van der Waals surface area contributed by atoms with Gasteiger partial charge >= 0.3 is 0 Å². The third-order valence-electron chi connectivity index (χ3n) is 3.93. The molecule has 1 heteroatoms. The van der Waals surface area contributed by atoms with E-state index in [4.69, 9.17) is 0 Å². The zero-order valence-electron chi connectivity index (χ0n) is 9.90. The Kier molecular flexibility index (Phi) is 3.19. The van der Waals surface area contributed by atoms with Crippen molar-refractivity contribution >= 4 is 26.7 Å². The van der Waals surface area contributed by atoms with Gasteiger partial charge in [-0.1, -0.05) is 77.7 Å². The number of rotatable bonds is 3. The molecule has 2 aromatic carbocycles. The van der Waals surface area contributed by atoms with E-state index in [0.29, 0.717) is 4.83 Å². The van der Waals surface area contributed by atoms with Gasteiger partial charge in [-0.05, 0) is 28.7 Å². The lowest BCUT2D eigenvalue weighted by atomic mass is 9.81. The summed E-state index contributed by atoms with van der Waals surface area (Å²) in [5, 5.41) is 2.75. The number of hydrogen-bond donors (Lipinski definition) is 0. The first kappa shape index (κ1) is 11.3. The molecule has 0 bridgehead atoms. The van der Waals surface area contributed by atoms with Crippen molar-refractivity contribution in [2.45, 2.75) is 30.5 Å². The Labute approximate surface area is 111 Å². The first-order valence-corrected chi connectivity index (χ1v) is 7.38. The predicted molar refractivity (Wildman–Crippen MR) is 77.6 cm³/mol. The average molecular weight is 289 g/mol. The fourth-order valence-corrected chi connectivity index (χ4v) is 3.60. The van der Waals surface area contributed by atoms with E-state index in [1.165, 1.54) is 42.0 Å². The van der Waals surface area contributed by atoms with E-state index in [1.54, 1.807) is 0 Å². The highest BCUT2D eigenvalue weighted by molar-refractivity contribution is 9.09. The second-order valence-electron chi connectivity index (χ2n) is 5.07. The standard InChI is InChI=1S/C16H17Br/c17-16(11-12-5-3-6-12)15-10-4-8-13-7-1-2-9-14(13)15/h1-2,4,7-10,12,16H,3,5-6,11H2. The van der Waals surface area contributed by atoms with Gasteiger partial charge in [0.25, 0.3) is 0 Å². The Hall–Kier alpha value is -0.820. The minimum Gasteiger partial charge on any atom is -0.0838 e. The second kappa shape index (κ2) is 4.81. The number of halogens is 1. The highest BCUT2D eigenvalue weighted by Crippen LogP contribution is 2.40. The van der Waals surface area contributed by atoms with Gasteiger partial charge in [-0.3, -0.25) is 0 Å². The molecule has 3 rings (SSSR count). The maximum atomic E-state index is 3.88. The van der Waals surface area contributed by atoms with Gasteiger partial charge in [0.2, 0.25) is 0 Å². The molecule has 0 saturated heterocycles. The van der Waals surface area contributed by atoms with E-state index >= 15 is 0 Å². The van der Waals surface area contributed by atoms with E-state index in [1.807, 2.05) is 0 Å². The molecule has 1 atom stereocenters. The highest BCUT2D eigenvalue weighted by Gasteiger charge is 2.22. The summed E-state index contributed by atoms with van der Waals surface area (Å²) in [5.74, 6) is 0.943. The van der Waals surface area contributed by atoms with Gasteiger partial charge in [0.1, 0.15) is 0 Å². The number of alkyl halides is 1. The quantitative estimate of drug-likeness (QED) is 0.658. The number of benzene rings is 2. The van der Waals surface area contributed by atoms with Crippen molar-refractivity contribution in [2.24, 2.45) is 5.92 Å². The van der Waals surface area contributed by atoms with Gasteiger partial charge in [0, 0.05) is 4.83 Å². The summed E-state index contributed by atoms with van der Waals surface area (Å²) in [7, 11) is 0. The van der Waals surface area contributed by atoms with Crippen molar-refractivity contribution in [1.82, 2.24) is 0 Å². The van der Waals surface area contributed by atoms with Crippen molar-refractivity contribution in [3.63, 3.8) is 0 Å². The van der Waals surface area contributed by atoms with Crippen LogP contribution in [0.15, 0.2) is 42.5 Å². The zero-order valence-corrected chi connectivity index (χ0v) is 11.5. The zero-order chi connectivity index (χ0) is 11.7. The van der Waals surface area contributed by atoms with Gasteiger partial charge < -0.3 is 0 Å². The Balaban J connectivity index is 1.92. The summed E-state index contributed by atoms with van der Waals surface area (Å²) in [6, 6.07) is 15.3. The Morgan fingerprint density at radius 2 is 1.82 bits per heavy atom. The topological polar surface area (TPSA) is 0 Å². The normalized spacial score (nSPS) is 17.9. The molecule has 0 N–H and O–H groups in total. The summed E-state index contributed by atoms with van der Waals surface area (Å²) in [6.07, 6.45) is 5.56. The molecule has 17 heavy (non-hydrogen) atoms. The van der Waals surface area contributed by atoms with Crippen molar-refractivity contribution < 1.29 is 0 Å². The SMILES string of the molecule is BrC(CC1CCC1)c1cccc2ccccc12. The molecule has 88 valence electrons. The molecular formula is C16H17Br. The van der Waals surface area contributed by atoms with Crippen LogP contribution in [0.25, 0.3) is 10.8 Å². The lowest BCUT2D eigenvalue weighted by Crippen LogP contribution is -2.12. The van der Waals surface area contributed by atoms with Crippen LogP contribution in [-0.2, 0) is 0 Å². The Morgan fingerprint density at radius 3 is 2.59 bits per heavy atom. The molecule has 0 heterocycles. The van der Waals surface area contributed by atoms with E-state index in [2.05, 4.69) is 58.4 Å². The van der Waals surface area contributed by atoms with E-state index in [9.17, 15) is 0 Å². The molecule has 1 aliphatic rings. The van der Waals surface area contributed by atoms with Crippen LogP contribution in [-0.4, -0.2) is 0 Å². The largest absolute Gasteiger partial charge is 0.0838 e. The molecule has 1 fully saturated rings. The minimum absolute atomic E-state index is 0.513. The summed E-state index contributed by atoms with van der Waals surface area (Å²) in [5.41, 5.74) is 1.45. The first-order valence-electron chi connectivity index (χ1n) is 6.46. The molecular weight excluding hydrogens is 272 g/mol. The highest BCUT2D eigenvalue weighted by atomic mass is 79.9. The van der Waals surface area contributed by atoms with Crippen LogP contribution in [0.2, 0.25) is 0 Å². The van der Waals surface area contributed by atoms with Crippen molar-refractivity contribution in [3.05, 3.63) is 48.0 Å². The molecule has 1 aliphatic carbocycles. The second-order valence-corrected chi connectivity index (χ2v) is 6.17. The Bertz CT molecular complexity index is 508. The van der Waals surface area contributed by atoms with Crippen LogP contribution < -0.4 is 0 Å². The Morgan fingerprint density at radius 1 is 1.06 bits per heavy atom. The molecule has 0 aliphatic heterocycles. The fourth-order valence-electron chi connectivity index (χ4n) is 2.67. The molecule has 0 aromatic heterocycles. The summed E-state index contributed by atoms with van der Waals surface area (Å²) >= 11 is 3.88. The van der Waals surface area contributed by atoms with Gasteiger partial charge in [-0.25, -0.2) is 0 Å². The minimum atomic E-state index is 0.513. The van der Waals surface area contributed by atoms with Gasteiger partial charge in [0.05, 0.1) is 0 Å². The molecule has 0 amide bonds. The predicted octanol–water partition coefficient (Wildman–Crippen LogP) is 5.47. The van der Waals surface area contributed by atoms with Crippen molar-refractivity contribution in [2.75, 3.05) is 0 Å². The maximum absolute atomic E-state index is 3.88. The van der Waals surface area contributed by atoms with Crippen molar-refractivity contribution in [1.29, 1.82) is 0 Å². The molecule has 0 spiro atoms. The average Bonchev–Trinajstić information content (AvgIpc) is 2.33. The first-order chi connectivity index (χ1) is 8.34. The molecule has 1 saturated carbocycles. The monoisotopic (exact) mass is 288 g/mol. The van der Waals surface area contributed by atoms with E-state index < -0.39 is 0 Å². The van der Waals surface area contributed by atoms with Gasteiger partial charge in [-0.15, -0.1) is 0 Å². The number of fused-ring (bicyclic) bond motifs is 1. The molecule has 2 aromatic rings. The van der Waals surface area contributed by atoms with Crippen molar-refractivity contribution in [3.8, 4) is 0 Å². The summed E-state index contributed by atoms with van der Waals surface area (Å²) < 4.78 is 0. The third kappa shape index (κ3) is 2.26. The smallest absolute Gasteiger partial charge is 0.0404 e. The molecule has 0 radical (unpaired) electrons. The lowest BCUT2D eigenvalue weighted by Gasteiger charge is -2.28. The third-order valence-corrected chi connectivity index (χ3v) is 4.79. The summed E-state index contributed by atoms with van der Waals surface area (Å²) in [4.78, 5) is 0.513. The van der Waals surface area contributed by atoms with Crippen LogP contribution in [0, 0.1) is 5.92 Å². The number of hydrogen-bond acceptors (Lipinski definition) is 0. The summed E-state index contributed by atoms with van der Waals surface area (Å²) in [6.45, 7) is 0. The lowest BCUT2D eigenvalue weighted by molar-refractivity contribution is 0.296. The van der Waals surface area contributed by atoms with Crippen LogP contribution in [0.3, 0.4) is 0 Å². The van der Waals surface area contributed by atoms with Crippen LogP contribution in [0.4, 0.5) is 0 Å². The van der Waals surface area contributed by atoms with Crippen LogP contribution in [0.1, 0.15) is 36.1 Å². The van der Waals surface area contributed by atoms with Gasteiger partial charge in [0.15, 0.2) is 0 Å². The van der Waals surface area contributed by atoms with E-state index in [0.717, 1.165) is 5.92 Å². The molecule has 1 unspecified atom stereocenters. The van der Waals surface area contributed by atoms with Gasteiger partial charge in [-0.2, -0.15) is 0 Å². The fraction of sp³-hybridized carbons (Fsp3) is 0.375. The van der Waals surface area contributed by atoms with E-state index in [-0.39, 0.29) is 0 Å². The maximum Gasteiger partial charge on any atom is 0.0404 e. The molecule has 0 nitrogen and oxygen atoms in total. The van der Waals surface area contributed by atoms with Crippen LogP contribution in [0.5, 0.6) is 0 Å². The van der Waals surface area contributed by atoms with Crippen LogP contribution >= 0.6 is 15.9 Å².